The van der Waals surface area contributed by atoms with Crippen molar-refractivity contribution in [3.8, 4) is 0 Å². The van der Waals surface area contributed by atoms with E-state index >= 15 is 0 Å². The molecule has 0 aromatic rings. The summed E-state index contributed by atoms with van der Waals surface area (Å²) in [7, 11) is 1.33. The highest BCUT2D eigenvalue weighted by Gasteiger charge is 2.04. The van der Waals surface area contributed by atoms with Crippen LogP contribution in [0.25, 0.3) is 0 Å². The van der Waals surface area contributed by atoms with Gasteiger partial charge in [-0.1, -0.05) is 14.0 Å². The van der Waals surface area contributed by atoms with E-state index in [2.05, 4.69) is 11.3 Å². The molecule has 0 aromatic heterocycles. The molecule has 0 unspecified atom stereocenters. The average Bonchev–Trinajstić information content (AvgIpc) is 2.03. The summed E-state index contributed by atoms with van der Waals surface area (Å²) < 4.78 is 4.44. The molecule has 0 heterocycles. The minimum atomic E-state index is -0.358. The number of carbonyl (C=O) groups excluding carboxylic acids is 1. The Morgan fingerprint density at radius 1 is 1.50 bits per heavy atom. The molecule has 3 nitrogen and oxygen atoms in total. The van der Waals surface area contributed by atoms with Crippen LogP contribution in [0.1, 0.15) is 19.3 Å². The Balaban J connectivity index is 0. The predicted octanol–water partition coefficient (Wildman–Crippen LogP) is 1.33. The molecule has 0 aliphatic heterocycles. The molecule has 0 spiro atoms. The molecule has 3 heteroatoms. The Hall–Kier alpha value is -0.830. The Labute approximate surface area is 74.0 Å². The number of aliphatic hydroxyl groups excluding tert-OH is 1. The number of unbranched alkanes of at least 4 members (excludes halogenated alkanes) is 1. The van der Waals surface area contributed by atoms with Crippen LogP contribution in [-0.2, 0) is 9.53 Å². The van der Waals surface area contributed by atoms with Crippen LogP contribution in [0, 0.1) is 7.43 Å². The highest BCUT2D eigenvalue weighted by molar-refractivity contribution is 5.87. The number of esters is 1. The number of carbonyl (C=O) groups is 1. The van der Waals surface area contributed by atoms with E-state index in [1.807, 2.05) is 0 Å². The lowest BCUT2D eigenvalue weighted by atomic mass is 10.1. The average molecular weight is 173 g/mol. The summed E-state index contributed by atoms with van der Waals surface area (Å²) in [5.74, 6) is -0.358. The van der Waals surface area contributed by atoms with Crippen LogP contribution in [0.3, 0.4) is 0 Å². The monoisotopic (exact) mass is 173 g/mol. The van der Waals surface area contributed by atoms with Crippen molar-refractivity contribution in [2.45, 2.75) is 19.3 Å². The lowest BCUT2D eigenvalue weighted by Crippen LogP contribution is -2.03. The normalized spacial score (nSPS) is 8.50. The second-order valence-corrected chi connectivity index (χ2v) is 2.28. The third kappa shape index (κ3) is 5.92. The van der Waals surface area contributed by atoms with E-state index in [4.69, 9.17) is 5.11 Å². The van der Waals surface area contributed by atoms with Crippen molar-refractivity contribution in [1.29, 1.82) is 0 Å². The van der Waals surface area contributed by atoms with Crippen LogP contribution < -0.4 is 0 Å². The highest BCUT2D eigenvalue weighted by atomic mass is 16.5. The maximum Gasteiger partial charge on any atom is 0.333 e. The standard InChI is InChI=1S/C8H14O3.CH3/c1-7(8(10)11-2)5-3-4-6-9;/h9H,1,3-6H2,2H3;1H3. The topological polar surface area (TPSA) is 46.5 Å². The van der Waals surface area contributed by atoms with Gasteiger partial charge in [-0.05, 0) is 19.3 Å². The third-order valence-electron chi connectivity index (χ3n) is 1.36. The molecule has 0 aliphatic carbocycles. The van der Waals surface area contributed by atoms with Crippen LogP contribution in [0.5, 0.6) is 0 Å². The molecule has 0 bridgehead atoms. The molecule has 12 heavy (non-hydrogen) atoms. The molecule has 0 fully saturated rings. The SMILES string of the molecule is C=C(CCCCO)C(=O)OC.[CH3]. The predicted molar refractivity (Wildman–Crippen MR) is 48.5 cm³/mol. The van der Waals surface area contributed by atoms with Gasteiger partial charge in [0.15, 0.2) is 0 Å². The molecule has 0 aromatic carbocycles. The fourth-order valence-electron chi connectivity index (χ4n) is 0.697. The van der Waals surface area contributed by atoms with E-state index in [1.165, 1.54) is 7.11 Å². The third-order valence-corrected chi connectivity index (χ3v) is 1.36. The van der Waals surface area contributed by atoms with Crippen molar-refractivity contribution in [2.75, 3.05) is 13.7 Å². The van der Waals surface area contributed by atoms with Gasteiger partial charge in [-0.25, -0.2) is 4.79 Å². The van der Waals surface area contributed by atoms with Crippen molar-refractivity contribution in [1.82, 2.24) is 0 Å². The summed E-state index contributed by atoms with van der Waals surface area (Å²) >= 11 is 0. The lowest BCUT2D eigenvalue weighted by Gasteiger charge is -2.01. The van der Waals surface area contributed by atoms with E-state index in [1.54, 1.807) is 0 Å². The first kappa shape index (κ1) is 13.7. The maximum atomic E-state index is 10.7. The Morgan fingerprint density at radius 3 is 2.50 bits per heavy atom. The minimum Gasteiger partial charge on any atom is -0.466 e. The van der Waals surface area contributed by atoms with Gasteiger partial charge in [-0.15, -0.1) is 0 Å². The summed E-state index contributed by atoms with van der Waals surface area (Å²) in [4.78, 5) is 10.7. The smallest absolute Gasteiger partial charge is 0.333 e. The summed E-state index contributed by atoms with van der Waals surface area (Å²) in [6.45, 7) is 3.70. The van der Waals surface area contributed by atoms with E-state index < -0.39 is 0 Å². The summed E-state index contributed by atoms with van der Waals surface area (Å²) in [5, 5.41) is 8.43. The Bertz CT molecular complexity index is 141. The van der Waals surface area contributed by atoms with Crippen molar-refractivity contribution in [2.24, 2.45) is 0 Å². The quantitative estimate of drug-likeness (QED) is 0.387. The molecule has 0 saturated heterocycles. The van der Waals surface area contributed by atoms with E-state index in [0.29, 0.717) is 18.4 Å². The molecule has 1 radical (unpaired) electrons. The summed E-state index contributed by atoms with van der Waals surface area (Å²) in [6, 6.07) is 0. The number of ether oxygens (including phenoxy) is 1. The molecule has 0 amide bonds. The van der Waals surface area contributed by atoms with Gasteiger partial charge in [0.1, 0.15) is 0 Å². The van der Waals surface area contributed by atoms with Gasteiger partial charge in [-0.2, -0.15) is 0 Å². The molecule has 0 saturated carbocycles. The first-order valence-electron chi connectivity index (χ1n) is 3.59. The zero-order valence-electron chi connectivity index (χ0n) is 7.80. The zero-order chi connectivity index (χ0) is 8.69. The van der Waals surface area contributed by atoms with Gasteiger partial charge in [0.25, 0.3) is 0 Å². The van der Waals surface area contributed by atoms with Gasteiger partial charge in [0, 0.05) is 12.2 Å². The highest BCUT2D eigenvalue weighted by Crippen LogP contribution is 2.05. The molecular formula is C9H17O3. The molecule has 71 valence electrons. The lowest BCUT2D eigenvalue weighted by molar-refractivity contribution is -0.136. The summed E-state index contributed by atoms with van der Waals surface area (Å²) in [5.41, 5.74) is 0.473. The first-order chi connectivity index (χ1) is 5.22. The minimum absolute atomic E-state index is 0. The largest absolute Gasteiger partial charge is 0.466 e. The number of rotatable bonds is 5. The Kier molecular flexibility index (Phi) is 9.47. The number of methoxy groups -OCH3 is 1. The van der Waals surface area contributed by atoms with Gasteiger partial charge < -0.3 is 9.84 Å². The molecule has 0 aliphatic rings. The van der Waals surface area contributed by atoms with Crippen LogP contribution in [0.2, 0.25) is 0 Å². The van der Waals surface area contributed by atoms with E-state index in [9.17, 15) is 4.79 Å². The van der Waals surface area contributed by atoms with Crippen LogP contribution in [0.4, 0.5) is 0 Å². The van der Waals surface area contributed by atoms with Gasteiger partial charge in [0.2, 0.25) is 0 Å². The number of hydrogen-bond acceptors (Lipinski definition) is 3. The molecule has 1 N–H and O–H groups in total. The molecule has 0 rings (SSSR count). The van der Waals surface area contributed by atoms with Crippen molar-refractivity contribution in [3.63, 3.8) is 0 Å². The first-order valence-corrected chi connectivity index (χ1v) is 3.59. The van der Waals surface area contributed by atoms with Gasteiger partial charge in [-0.3, -0.25) is 0 Å². The van der Waals surface area contributed by atoms with E-state index in [0.717, 1.165) is 6.42 Å². The second-order valence-electron chi connectivity index (χ2n) is 2.28. The number of aliphatic hydroxyl groups is 1. The number of hydrogen-bond donors (Lipinski definition) is 1. The van der Waals surface area contributed by atoms with Gasteiger partial charge in [0.05, 0.1) is 7.11 Å². The zero-order valence-corrected chi connectivity index (χ0v) is 7.80. The molecular weight excluding hydrogens is 156 g/mol. The second kappa shape index (κ2) is 8.27. The van der Waals surface area contributed by atoms with E-state index in [-0.39, 0.29) is 20.0 Å². The van der Waals surface area contributed by atoms with Crippen molar-refractivity contribution >= 4 is 5.97 Å². The van der Waals surface area contributed by atoms with Crippen molar-refractivity contribution in [3.05, 3.63) is 19.6 Å². The van der Waals surface area contributed by atoms with Crippen LogP contribution in [0.15, 0.2) is 12.2 Å². The maximum absolute atomic E-state index is 10.7. The van der Waals surface area contributed by atoms with Crippen LogP contribution >= 0.6 is 0 Å². The van der Waals surface area contributed by atoms with Crippen molar-refractivity contribution < 1.29 is 14.6 Å². The van der Waals surface area contributed by atoms with Crippen LogP contribution in [-0.4, -0.2) is 24.8 Å². The van der Waals surface area contributed by atoms with Gasteiger partial charge >= 0.3 is 5.97 Å². The Morgan fingerprint density at radius 2 is 2.08 bits per heavy atom. The summed E-state index contributed by atoms with van der Waals surface area (Å²) in [6.07, 6.45) is 2.09. The fraction of sp³-hybridized carbons (Fsp3) is 0.556. The molecule has 0 atom stereocenters. The fourth-order valence-corrected chi connectivity index (χ4v) is 0.697.